The standard InChI is InChI=1S/C20H21ClN2O5S/c1-3-27-19(25)16-14-8-9-23(20(26)28-4-2)11-15(14)29-18(16)22-17(24)12-6-5-7-13(21)10-12/h5-7,10H,3-4,8-9,11H2,1-2H3,(H,22,24). The predicted molar refractivity (Wildman–Crippen MR) is 111 cm³/mol. The zero-order valence-corrected chi connectivity index (χ0v) is 17.7. The summed E-state index contributed by atoms with van der Waals surface area (Å²) in [4.78, 5) is 39.7. The fourth-order valence-corrected chi connectivity index (χ4v) is 4.52. The first-order chi connectivity index (χ1) is 13.9. The van der Waals surface area contributed by atoms with Crippen molar-refractivity contribution in [3.05, 3.63) is 50.9 Å². The number of thiophene rings is 1. The number of carbonyl (C=O) groups excluding carboxylic acids is 3. The van der Waals surface area contributed by atoms with E-state index >= 15 is 0 Å². The molecule has 0 unspecified atom stereocenters. The number of ether oxygens (including phenoxy) is 2. The second kappa shape index (κ2) is 9.28. The molecule has 7 nitrogen and oxygen atoms in total. The molecule has 2 heterocycles. The van der Waals surface area contributed by atoms with Gasteiger partial charge in [0.25, 0.3) is 5.91 Å². The number of hydrogen-bond acceptors (Lipinski definition) is 6. The Balaban J connectivity index is 1.91. The molecule has 3 rings (SSSR count). The number of fused-ring (bicyclic) bond motifs is 1. The summed E-state index contributed by atoms with van der Waals surface area (Å²) in [5, 5.41) is 3.66. The Morgan fingerprint density at radius 1 is 1.21 bits per heavy atom. The Hall–Kier alpha value is -2.58. The fourth-order valence-electron chi connectivity index (χ4n) is 3.09. The molecule has 0 saturated carbocycles. The first-order valence-electron chi connectivity index (χ1n) is 9.24. The lowest BCUT2D eigenvalue weighted by Gasteiger charge is -2.26. The van der Waals surface area contributed by atoms with Crippen molar-refractivity contribution in [1.29, 1.82) is 0 Å². The minimum absolute atomic E-state index is 0.222. The monoisotopic (exact) mass is 436 g/mol. The normalized spacial score (nSPS) is 12.9. The van der Waals surface area contributed by atoms with E-state index in [0.717, 1.165) is 10.4 Å². The Labute approximate surface area is 177 Å². The third-order valence-corrected chi connectivity index (χ3v) is 5.74. The average molecular weight is 437 g/mol. The SMILES string of the molecule is CCOC(=O)c1c(NC(=O)c2cccc(Cl)c2)sc2c1CCN(C(=O)OCC)C2. The van der Waals surface area contributed by atoms with Crippen LogP contribution in [0.3, 0.4) is 0 Å². The minimum atomic E-state index is -0.490. The zero-order chi connectivity index (χ0) is 21.0. The van der Waals surface area contributed by atoms with Crippen molar-refractivity contribution < 1.29 is 23.9 Å². The summed E-state index contributed by atoms with van der Waals surface area (Å²) < 4.78 is 10.3. The van der Waals surface area contributed by atoms with Crippen LogP contribution < -0.4 is 5.32 Å². The van der Waals surface area contributed by atoms with Gasteiger partial charge in [0.05, 0.1) is 25.3 Å². The smallest absolute Gasteiger partial charge is 0.410 e. The highest BCUT2D eigenvalue weighted by atomic mass is 35.5. The summed E-state index contributed by atoms with van der Waals surface area (Å²) in [5.74, 6) is -0.866. The maximum atomic E-state index is 12.7. The van der Waals surface area contributed by atoms with Crippen LogP contribution in [0, 0.1) is 0 Å². The molecule has 1 aromatic heterocycles. The molecule has 0 fully saturated rings. The van der Waals surface area contributed by atoms with Gasteiger partial charge >= 0.3 is 12.1 Å². The Morgan fingerprint density at radius 2 is 1.97 bits per heavy atom. The largest absolute Gasteiger partial charge is 0.462 e. The van der Waals surface area contributed by atoms with Gasteiger partial charge in [-0.3, -0.25) is 4.79 Å². The molecule has 154 valence electrons. The lowest BCUT2D eigenvalue weighted by molar-refractivity contribution is 0.0526. The van der Waals surface area contributed by atoms with Gasteiger partial charge in [-0.25, -0.2) is 9.59 Å². The summed E-state index contributed by atoms with van der Waals surface area (Å²) in [5.41, 5.74) is 1.54. The van der Waals surface area contributed by atoms with Crippen molar-refractivity contribution in [1.82, 2.24) is 4.90 Å². The lowest BCUT2D eigenvalue weighted by atomic mass is 10.0. The van der Waals surface area contributed by atoms with Gasteiger partial charge in [-0.1, -0.05) is 17.7 Å². The topological polar surface area (TPSA) is 84.9 Å². The van der Waals surface area contributed by atoms with Crippen molar-refractivity contribution >= 4 is 45.9 Å². The van der Waals surface area contributed by atoms with Crippen LogP contribution in [0.4, 0.5) is 9.80 Å². The van der Waals surface area contributed by atoms with E-state index in [1.165, 1.54) is 11.3 Å². The first kappa shape index (κ1) is 21.1. The highest BCUT2D eigenvalue weighted by Crippen LogP contribution is 2.38. The van der Waals surface area contributed by atoms with Crippen LogP contribution in [0.15, 0.2) is 24.3 Å². The molecule has 0 radical (unpaired) electrons. The maximum Gasteiger partial charge on any atom is 0.410 e. The lowest BCUT2D eigenvalue weighted by Crippen LogP contribution is -2.36. The highest BCUT2D eigenvalue weighted by Gasteiger charge is 2.31. The van der Waals surface area contributed by atoms with Crippen LogP contribution >= 0.6 is 22.9 Å². The van der Waals surface area contributed by atoms with Gasteiger partial charge < -0.3 is 19.7 Å². The van der Waals surface area contributed by atoms with Gasteiger partial charge in [-0.05, 0) is 44.0 Å². The number of rotatable bonds is 5. The van der Waals surface area contributed by atoms with E-state index in [2.05, 4.69) is 5.32 Å². The van der Waals surface area contributed by atoms with E-state index in [-0.39, 0.29) is 12.5 Å². The van der Waals surface area contributed by atoms with E-state index < -0.39 is 12.1 Å². The van der Waals surface area contributed by atoms with Crippen LogP contribution in [-0.2, 0) is 22.4 Å². The van der Waals surface area contributed by atoms with Crippen LogP contribution in [0.1, 0.15) is 45.0 Å². The van der Waals surface area contributed by atoms with Crippen LogP contribution in [0.2, 0.25) is 5.02 Å². The van der Waals surface area contributed by atoms with Crippen molar-refractivity contribution in [2.45, 2.75) is 26.8 Å². The average Bonchev–Trinajstić information content (AvgIpc) is 3.05. The van der Waals surface area contributed by atoms with E-state index in [9.17, 15) is 14.4 Å². The molecule has 1 N–H and O–H groups in total. The molecule has 1 aliphatic rings. The number of benzene rings is 1. The van der Waals surface area contributed by atoms with Crippen molar-refractivity contribution in [3.8, 4) is 0 Å². The van der Waals surface area contributed by atoms with Crippen LogP contribution in [0.5, 0.6) is 0 Å². The Morgan fingerprint density at radius 3 is 2.66 bits per heavy atom. The predicted octanol–water partition coefficient (Wildman–Crippen LogP) is 4.35. The summed E-state index contributed by atoms with van der Waals surface area (Å²) in [6, 6.07) is 6.55. The molecule has 0 spiro atoms. The molecule has 0 aliphatic carbocycles. The van der Waals surface area contributed by atoms with Crippen molar-refractivity contribution in [2.75, 3.05) is 25.1 Å². The van der Waals surface area contributed by atoms with E-state index in [4.69, 9.17) is 21.1 Å². The molecule has 1 aromatic carbocycles. The fraction of sp³-hybridized carbons (Fsp3) is 0.350. The minimum Gasteiger partial charge on any atom is -0.462 e. The van der Waals surface area contributed by atoms with Crippen molar-refractivity contribution in [3.63, 3.8) is 0 Å². The molecule has 1 aliphatic heterocycles. The second-order valence-corrected chi connectivity index (χ2v) is 7.80. The molecule has 0 atom stereocenters. The van der Waals surface area contributed by atoms with Crippen LogP contribution in [-0.4, -0.2) is 42.6 Å². The molecular weight excluding hydrogens is 416 g/mol. The maximum absolute atomic E-state index is 12.7. The first-order valence-corrected chi connectivity index (χ1v) is 10.4. The Bertz CT molecular complexity index is 943. The number of amides is 2. The number of carbonyl (C=O) groups is 3. The molecule has 9 heteroatoms. The van der Waals surface area contributed by atoms with E-state index in [1.807, 2.05) is 0 Å². The molecule has 0 saturated heterocycles. The van der Waals surface area contributed by atoms with Crippen LogP contribution in [0.25, 0.3) is 0 Å². The molecule has 2 amide bonds. The number of nitrogens with one attached hydrogen (secondary N) is 1. The summed E-state index contributed by atoms with van der Waals surface area (Å²) in [7, 11) is 0. The molecule has 2 aromatic rings. The third-order valence-electron chi connectivity index (χ3n) is 4.38. The van der Waals surface area contributed by atoms with E-state index in [0.29, 0.717) is 47.3 Å². The molecule has 0 bridgehead atoms. The summed E-state index contributed by atoms with van der Waals surface area (Å²) in [6.07, 6.45) is 0.0833. The summed E-state index contributed by atoms with van der Waals surface area (Å²) in [6.45, 7) is 4.74. The van der Waals surface area contributed by atoms with Gasteiger partial charge in [0.1, 0.15) is 5.00 Å². The molecular formula is C20H21ClN2O5S. The van der Waals surface area contributed by atoms with Gasteiger partial charge in [-0.15, -0.1) is 11.3 Å². The summed E-state index contributed by atoms with van der Waals surface area (Å²) >= 11 is 7.24. The number of halogens is 1. The quantitative estimate of drug-likeness (QED) is 0.704. The Kier molecular flexibility index (Phi) is 6.76. The van der Waals surface area contributed by atoms with Crippen molar-refractivity contribution in [2.24, 2.45) is 0 Å². The number of esters is 1. The van der Waals surface area contributed by atoms with Gasteiger partial charge in [0.15, 0.2) is 0 Å². The highest BCUT2D eigenvalue weighted by molar-refractivity contribution is 7.17. The zero-order valence-electron chi connectivity index (χ0n) is 16.1. The third kappa shape index (κ3) is 4.71. The number of hydrogen-bond donors (Lipinski definition) is 1. The van der Waals surface area contributed by atoms with Gasteiger partial charge in [-0.2, -0.15) is 0 Å². The number of nitrogens with zero attached hydrogens (tertiary/aromatic N) is 1. The van der Waals surface area contributed by atoms with E-state index in [1.54, 1.807) is 43.0 Å². The number of anilines is 1. The molecule has 29 heavy (non-hydrogen) atoms. The van der Waals surface area contributed by atoms with Gasteiger partial charge in [0, 0.05) is 22.0 Å². The second-order valence-electron chi connectivity index (χ2n) is 6.26. The van der Waals surface area contributed by atoms with Gasteiger partial charge in [0.2, 0.25) is 0 Å².